The first-order valence-electron chi connectivity index (χ1n) is 14.3. The van der Waals surface area contributed by atoms with Gasteiger partial charge in [-0.2, -0.15) is 13.2 Å². The molecule has 4 N–H and O–H groups in total. The Labute approximate surface area is 231 Å². The van der Waals surface area contributed by atoms with E-state index in [1.807, 2.05) is 12.4 Å². The summed E-state index contributed by atoms with van der Waals surface area (Å²) in [5.74, 6) is 3.60. The largest absolute Gasteiger partial charge is 0.490 e. The lowest BCUT2D eigenvalue weighted by Gasteiger charge is -2.33. The van der Waals surface area contributed by atoms with Crippen molar-refractivity contribution >= 4 is 29.1 Å². The summed E-state index contributed by atoms with van der Waals surface area (Å²) in [6, 6.07) is 2.19. The number of carboxylic acids is 1. The summed E-state index contributed by atoms with van der Waals surface area (Å²) in [6.45, 7) is 5.86. The minimum Gasteiger partial charge on any atom is -0.475 e. The zero-order chi connectivity index (χ0) is 28.0. The molecule has 2 aromatic rings. The van der Waals surface area contributed by atoms with Gasteiger partial charge < -0.3 is 26.0 Å². The monoisotopic (exact) mass is 559 g/mol. The summed E-state index contributed by atoms with van der Waals surface area (Å²) >= 11 is 0. The number of aliphatic carboxylic acids is 1. The van der Waals surface area contributed by atoms with Crippen LogP contribution in [-0.4, -0.2) is 69.8 Å². The molecule has 0 amide bonds. The fourth-order valence-electron chi connectivity index (χ4n) is 5.99. The van der Waals surface area contributed by atoms with Crippen molar-refractivity contribution in [3.05, 3.63) is 29.7 Å². The van der Waals surface area contributed by atoms with Gasteiger partial charge in [0.15, 0.2) is 5.82 Å². The van der Waals surface area contributed by atoms with Gasteiger partial charge in [0.25, 0.3) is 0 Å². The number of pyridine rings is 1. The number of carbonyl (C=O) groups is 1. The van der Waals surface area contributed by atoms with Gasteiger partial charge in [0.2, 0.25) is 0 Å². The molecule has 2 unspecified atom stereocenters. The maximum absolute atomic E-state index is 10.6. The van der Waals surface area contributed by atoms with E-state index >= 15 is 0 Å². The zero-order valence-electron chi connectivity index (χ0n) is 22.4. The number of nitrogens with two attached hydrogens (primary N) is 1. The fraction of sp³-hybridized carbons (Fsp3) is 0.643. The number of anilines is 4. The molecule has 5 aliphatic rings. The van der Waals surface area contributed by atoms with Crippen LogP contribution in [0.2, 0.25) is 0 Å². The fourth-order valence-corrected chi connectivity index (χ4v) is 5.99. The van der Waals surface area contributed by atoms with Crippen molar-refractivity contribution in [3.63, 3.8) is 0 Å². The zero-order valence-corrected chi connectivity index (χ0v) is 22.4. The quantitative estimate of drug-likeness (QED) is 0.441. The second kappa shape index (κ2) is 10.7. The Bertz CT molecular complexity index is 1220. The number of piperidine rings is 2. The third-order valence-electron chi connectivity index (χ3n) is 8.76. The lowest BCUT2D eigenvalue weighted by atomic mass is 9.88. The average Bonchev–Trinajstić information content (AvgIpc) is 3.82. The van der Waals surface area contributed by atoms with Crippen molar-refractivity contribution in [2.45, 2.75) is 63.0 Å². The molecule has 12 heteroatoms. The molecular weight excluding hydrogens is 523 g/mol. The van der Waals surface area contributed by atoms with Gasteiger partial charge in [-0.25, -0.2) is 14.8 Å². The van der Waals surface area contributed by atoms with Gasteiger partial charge in [0, 0.05) is 25.6 Å². The highest BCUT2D eigenvalue weighted by molar-refractivity contribution is 5.73. The Morgan fingerprint density at radius 2 is 1.68 bits per heavy atom. The number of halogens is 3. The minimum absolute atomic E-state index is 0.503. The molecule has 4 heterocycles. The van der Waals surface area contributed by atoms with E-state index in [0.29, 0.717) is 11.8 Å². The van der Waals surface area contributed by atoms with E-state index in [1.165, 1.54) is 70.1 Å². The predicted octanol–water partition coefficient (Wildman–Crippen LogP) is 4.75. The van der Waals surface area contributed by atoms with Crippen molar-refractivity contribution in [2.24, 2.45) is 17.8 Å². The van der Waals surface area contributed by atoms with Crippen LogP contribution in [0.25, 0.3) is 0 Å². The van der Waals surface area contributed by atoms with Gasteiger partial charge in [-0.3, -0.25) is 4.98 Å². The molecule has 5 fully saturated rings. The molecule has 0 spiro atoms. The molecule has 3 aliphatic carbocycles. The number of fused-ring (bicyclic) bond motifs is 1. The highest BCUT2D eigenvalue weighted by Crippen LogP contribution is 2.48. The molecule has 40 heavy (non-hydrogen) atoms. The van der Waals surface area contributed by atoms with Crippen LogP contribution < -0.4 is 16.0 Å². The van der Waals surface area contributed by atoms with Crippen molar-refractivity contribution in [3.8, 4) is 0 Å². The summed E-state index contributed by atoms with van der Waals surface area (Å²) in [7, 11) is 0. The highest BCUT2D eigenvalue weighted by atomic mass is 19.4. The molecular formula is C28H36F3N7O2. The van der Waals surface area contributed by atoms with E-state index in [0.717, 1.165) is 59.7 Å². The van der Waals surface area contributed by atoms with Crippen LogP contribution in [0.1, 0.15) is 68.0 Å². The number of likely N-dealkylation sites (tertiary alicyclic amines) is 1. The molecule has 2 atom stereocenters. The Morgan fingerprint density at radius 3 is 2.23 bits per heavy atom. The van der Waals surface area contributed by atoms with Gasteiger partial charge in [-0.15, -0.1) is 0 Å². The number of hydrogen-bond acceptors (Lipinski definition) is 8. The number of nitrogens with one attached hydrogen (secondary N) is 1. The van der Waals surface area contributed by atoms with Gasteiger partial charge >= 0.3 is 12.1 Å². The third-order valence-corrected chi connectivity index (χ3v) is 8.76. The first-order valence-corrected chi connectivity index (χ1v) is 14.3. The molecule has 2 aliphatic heterocycles. The molecule has 9 nitrogen and oxygen atoms in total. The molecule has 0 radical (unpaired) electrons. The molecule has 3 saturated carbocycles. The summed E-state index contributed by atoms with van der Waals surface area (Å²) < 4.78 is 31.7. The summed E-state index contributed by atoms with van der Waals surface area (Å²) in [5.41, 5.74) is 10.1. The number of rotatable bonds is 7. The van der Waals surface area contributed by atoms with Gasteiger partial charge in [-0.1, -0.05) is 0 Å². The first-order chi connectivity index (χ1) is 19.1. The number of hydrogen-bond donors (Lipinski definition) is 3. The number of nitrogen functional groups attached to an aromatic ring is 1. The van der Waals surface area contributed by atoms with Crippen molar-refractivity contribution < 1.29 is 23.1 Å². The molecule has 2 aromatic heterocycles. The maximum atomic E-state index is 10.6. The average molecular weight is 560 g/mol. The van der Waals surface area contributed by atoms with Crippen LogP contribution in [0.4, 0.5) is 36.3 Å². The maximum Gasteiger partial charge on any atom is 0.490 e. The normalized spacial score (nSPS) is 24.7. The number of aromatic nitrogens is 3. The lowest BCUT2D eigenvalue weighted by Crippen LogP contribution is -2.34. The van der Waals surface area contributed by atoms with Crippen LogP contribution in [0.15, 0.2) is 18.5 Å². The Morgan fingerprint density at radius 1 is 1.00 bits per heavy atom. The second-order valence-electron chi connectivity index (χ2n) is 12.0. The number of nitrogens with zero attached hydrogens (tertiary/aromatic N) is 5. The van der Waals surface area contributed by atoms with Crippen molar-refractivity contribution in [1.82, 2.24) is 19.9 Å². The van der Waals surface area contributed by atoms with E-state index in [2.05, 4.69) is 31.2 Å². The van der Waals surface area contributed by atoms with Crippen LogP contribution in [0, 0.1) is 17.8 Å². The number of carboxylic acid groups (broad SMARTS) is 1. The topological polar surface area (TPSA) is 120 Å². The van der Waals surface area contributed by atoms with E-state index in [-0.39, 0.29) is 0 Å². The van der Waals surface area contributed by atoms with E-state index in [9.17, 15) is 13.2 Å². The first kappa shape index (κ1) is 27.0. The molecule has 0 aromatic carbocycles. The number of alkyl halides is 3. The Hall–Kier alpha value is -3.15. The van der Waals surface area contributed by atoms with Crippen molar-refractivity contribution in [2.75, 3.05) is 48.7 Å². The van der Waals surface area contributed by atoms with Crippen LogP contribution in [-0.2, 0) is 4.79 Å². The molecule has 7 rings (SSSR count). The smallest absolute Gasteiger partial charge is 0.475 e. The van der Waals surface area contributed by atoms with Crippen molar-refractivity contribution in [1.29, 1.82) is 0 Å². The highest BCUT2D eigenvalue weighted by Gasteiger charge is 2.46. The van der Waals surface area contributed by atoms with Gasteiger partial charge in [0.05, 0.1) is 23.8 Å². The van der Waals surface area contributed by atoms with Crippen LogP contribution >= 0.6 is 0 Å². The summed E-state index contributed by atoms with van der Waals surface area (Å²) in [6.07, 6.45) is 7.77. The van der Waals surface area contributed by atoms with E-state index in [4.69, 9.17) is 20.6 Å². The predicted molar refractivity (Wildman–Crippen MR) is 145 cm³/mol. The standard InChI is InChI=1S/C26H35N7.C2HF3O2/c27-25-21(17-5-7-32(8-6-17)13-16-1-2-16)10-23(31-26(25)33-14-19-9-20(19)15-33)30-24-12-28-22(11-29-24)18-3-4-18;3-2(4,5)1(6)7/h10-12,16-20H,1-9,13-15,27H2,(H,29,30,31);(H,6,7). The Balaban J connectivity index is 0.000000370. The SMILES string of the molecule is Nc1c(C2CCN(CC3CC3)CC2)cc(Nc2cnc(C3CC3)cn2)nc1N1CC2CC2C1.O=C(O)C(F)(F)F. The lowest BCUT2D eigenvalue weighted by molar-refractivity contribution is -0.192. The van der Waals surface area contributed by atoms with Crippen LogP contribution in [0.3, 0.4) is 0 Å². The second-order valence-corrected chi connectivity index (χ2v) is 12.0. The molecule has 216 valence electrons. The third kappa shape index (κ3) is 6.42. The summed E-state index contributed by atoms with van der Waals surface area (Å²) in [5, 5.41) is 10.6. The van der Waals surface area contributed by atoms with E-state index < -0.39 is 12.1 Å². The summed E-state index contributed by atoms with van der Waals surface area (Å²) in [4.78, 5) is 28.2. The van der Waals surface area contributed by atoms with Crippen LogP contribution in [0.5, 0.6) is 0 Å². The van der Waals surface area contributed by atoms with E-state index in [1.54, 1.807) is 0 Å². The van der Waals surface area contributed by atoms with Gasteiger partial charge in [-0.05, 0) is 93.3 Å². The minimum atomic E-state index is -5.08. The molecule has 0 bridgehead atoms. The molecule has 2 saturated heterocycles. The van der Waals surface area contributed by atoms with Gasteiger partial charge in [0.1, 0.15) is 11.6 Å². The Kier molecular flexibility index (Phi) is 7.22.